The van der Waals surface area contributed by atoms with Crippen LogP contribution in [-0.4, -0.2) is 30.7 Å². The molecule has 0 atom stereocenters. The maximum atomic E-state index is 8.47. The fourth-order valence-electron chi connectivity index (χ4n) is 0.699. The van der Waals surface area contributed by atoms with Crippen LogP contribution in [0.4, 0.5) is 0 Å². The molecule has 0 aliphatic carbocycles. The van der Waals surface area contributed by atoms with E-state index in [1.54, 1.807) is 11.8 Å². The number of hydrogen-bond acceptors (Lipinski definition) is 3. The molecule has 0 saturated carbocycles. The third kappa shape index (κ3) is 10.3. The summed E-state index contributed by atoms with van der Waals surface area (Å²) in [5, 5.41) is 8.47. The Morgan fingerprint density at radius 1 is 1.42 bits per heavy atom. The highest BCUT2D eigenvalue weighted by Crippen LogP contribution is 2.07. The Bertz CT molecular complexity index is 68.9. The molecule has 73 valence electrons. The molecule has 1 radical (unpaired) electrons. The normalized spacial score (nSPS) is 10.5. The molecule has 0 aromatic rings. The summed E-state index contributed by atoms with van der Waals surface area (Å²) in [5.74, 6) is 2.90. The van der Waals surface area contributed by atoms with Crippen molar-refractivity contribution in [2.45, 2.75) is 26.2 Å². The van der Waals surface area contributed by atoms with Crippen LogP contribution in [0.25, 0.3) is 0 Å². The smallest absolute Gasteiger partial charge is 0.0521 e. The molecule has 0 rings (SSSR count). The maximum Gasteiger partial charge on any atom is 0.0521 e. The van der Waals surface area contributed by atoms with Gasteiger partial charge in [-0.2, -0.15) is 11.8 Å². The molecule has 0 aliphatic rings. The molecular formula is C9H19O2S. The van der Waals surface area contributed by atoms with E-state index in [-0.39, 0.29) is 6.61 Å². The van der Waals surface area contributed by atoms with Crippen molar-refractivity contribution in [3.8, 4) is 0 Å². The predicted octanol–water partition coefficient (Wildman–Crippen LogP) is 2.08. The average molecular weight is 191 g/mol. The van der Waals surface area contributed by atoms with E-state index in [4.69, 9.17) is 9.84 Å². The van der Waals surface area contributed by atoms with Crippen molar-refractivity contribution < 1.29 is 9.84 Å². The zero-order valence-corrected chi connectivity index (χ0v) is 8.61. The van der Waals surface area contributed by atoms with Crippen molar-refractivity contribution in [1.29, 1.82) is 0 Å². The molecule has 0 aromatic carbocycles. The highest BCUT2D eigenvalue weighted by molar-refractivity contribution is 8.01. The summed E-state index contributed by atoms with van der Waals surface area (Å²) in [7, 11) is 0. The van der Waals surface area contributed by atoms with Crippen LogP contribution in [0.1, 0.15) is 26.2 Å². The second kappa shape index (κ2) is 11.3. The van der Waals surface area contributed by atoms with E-state index >= 15 is 0 Å². The fourth-order valence-corrected chi connectivity index (χ4v) is 1.23. The molecule has 0 aromatic heterocycles. The van der Waals surface area contributed by atoms with Crippen LogP contribution in [0.2, 0.25) is 0 Å². The topological polar surface area (TPSA) is 29.5 Å². The van der Waals surface area contributed by atoms with E-state index in [0.29, 0.717) is 0 Å². The van der Waals surface area contributed by atoms with Crippen LogP contribution in [-0.2, 0) is 4.74 Å². The molecule has 0 unspecified atom stereocenters. The van der Waals surface area contributed by atoms with Crippen LogP contribution in [0, 0.1) is 5.75 Å². The third-order valence-electron chi connectivity index (χ3n) is 1.35. The highest BCUT2D eigenvalue weighted by atomic mass is 32.2. The van der Waals surface area contributed by atoms with Crippen molar-refractivity contribution in [1.82, 2.24) is 0 Å². The second-order valence-corrected chi connectivity index (χ2v) is 3.59. The van der Waals surface area contributed by atoms with Crippen LogP contribution in [0.3, 0.4) is 0 Å². The third-order valence-corrected chi connectivity index (χ3v) is 2.24. The first-order chi connectivity index (χ1) is 5.91. The second-order valence-electron chi connectivity index (χ2n) is 2.52. The lowest BCUT2D eigenvalue weighted by Gasteiger charge is -2.01. The first-order valence-electron chi connectivity index (χ1n) is 4.53. The first-order valence-corrected chi connectivity index (χ1v) is 5.58. The molecule has 12 heavy (non-hydrogen) atoms. The average Bonchev–Trinajstić information content (AvgIpc) is 2.10. The number of ether oxygens (including phenoxy) is 1. The summed E-state index contributed by atoms with van der Waals surface area (Å²) in [6, 6.07) is 0. The van der Waals surface area contributed by atoms with Gasteiger partial charge in [0.25, 0.3) is 0 Å². The lowest BCUT2D eigenvalue weighted by molar-refractivity contribution is 0.135. The van der Waals surface area contributed by atoms with E-state index in [0.717, 1.165) is 31.8 Å². The van der Waals surface area contributed by atoms with E-state index in [9.17, 15) is 0 Å². The highest BCUT2D eigenvalue weighted by Gasteiger charge is 1.90. The standard InChI is InChI=1S/C9H19O2S/c1-2-3-6-11-7-4-8-12-9-5-10/h8,10H,2-7,9H2,1H3. The number of aliphatic hydroxyl groups is 1. The SMILES string of the molecule is CCCCOCC[CH]SCCO. The molecule has 0 saturated heterocycles. The van der Waals surface area contributed by atoms with Gasteiger partial charge in [0.1, 0.15) is 0 Å². The van der Waals surface area contributed by atoms with Crippen LogP contribution < -0.4 is 0 Å². The van der Waals surface area contributed by atoms with Gasteiger partial charge in [-0.15, -0.1) is 0 Å². The first kappa shape index (κ1) is 12.3. The number of hydrogen-bond donors (Lipinski definition) is 1. The van der Waals surface area contributed by atoms with Gasteiger partial charge in [-0.05, 0) is 12.8 Å². The van der Waals surface area contributed by atoms with Crippen molar-refractivity contribution >= 4 is 11.8 Å². The number of unbranched alkanes of at least 4 members (excludes halogenated alkanes) is 1. The molecule has 0 amide bonds. The van der Waals surface area contributed by atoms with Gasteiger partial charge in [-0.1, -0.05) is 13.3 Å². The minimum absolute atomic E-state index is 0.262. The van der Waals surface area contributed by atoms with E-state index in [1.807, 2.05) is 0 Å². The van der Waals surface area contributed by atoms with Gasteiger partial charge in [0, 0.05) is 24.7 Å². The Morgan fingerprint density at radius 2 is 2.25 bits per heavy atom. The summed E-state index contributed by atoms with van der Waals surface area (Å²) in [6.45, 7) is 4.12. The molecule has 0 fully saturated rings. The molecule has 0 bridgehead atoms. The minimum atomic E-state index is 0.262. The predicted molar refractivity (Wildman–Crippen MR) is 54.2 cm³/mol. The summed E-state index contributed by atoms with van der Waals surface area (Å²) in [5.41, 5.74) is 0. The molecule has 3 heteroatoms. The van der Waals surface area contributed by atoms with Gasteiger partial charge in [0.15, 0.2) is 0 Å². The molecule has 2 nitrogen and oxygen atoms in total. The van der Waals surface area contributed by atoms with Crippen LogP contribution in [0.15, 0.2) is 0 Å². The van der Waals surface area contributed by atoms with Crippen molar-refractivity contribution in [2.75, 3.05) is 25.6 Å². The quantitative estimate of drug-likeness (QED) is 0.566. The minimum Gasteiger partial charge on any atom is -0.396 e. The number of rotatable bonds is 9. The molecule has 0 spiro atoms. The lowest BCUT2D eigenvalue weighted by atomic mass is 10.4. The van der Waals surface area contributed by atoms with E-state index < -0.39 is 0 Å². The zero-order valence-electron chi connectivity index (χ0n) is 7.79. The maximum absolute atomic E-state index is 8.47. The van der Waals surface area contributed by atoms with Crippen LogP contribution >= 0.6 is 11.8 Å². The zero-order chi connectivity index (χ0) is 9.07. The van der Waals surface area contributed by atoms with Gasteiger partial charge in [0.2, 0.25) is 0 Å². The van der Waals surface area contributed by atoms with Gasteiger partial charge < -0.3 is 9.84 Å². The lowest BCUT2D eigenvalue weighted by Crippen LogP contribution is -1.96. The Morgan fingerprint density at radius 3 is 2.92 bits per heavy atom. The van der Waals surface area contributed by atoms with Crippen molar-refractivity contribution in [3.05, 3.63) is 5.75 Å². The number of thioether (sulfide) groups is 1. The Hall–Kier alpha value is 0.270. The summed E-state index contributed by atoms with van der Waals surface area (Å²) in [6.07, 6.45) is 3.33. The molecule has 0 aliphatic heterocycles. The van der Waals surface area contributed by atoms with Gasteiger partial charge in [-0.25, -0.2) is 0 Å². The number of aliphatic hydroxyl groups excluding tert-OH is 1. The summed E-state index contributed by atoms with van der Waals surface area (Å²) >= 11 is 1.66. The Kier molecular flexibility index (Phi) is 11.5. The van der Waals surface area contributed by atoms with Crippen molar-refractivity contribution in [2.24, 2.45) is 0 Å². The van der Waals surface area contributed by atoms with Crippen molar-refractivity contribution in [3.63, 3.8) is 0 Å². The molecular weight excluding hydrogens is 172 g/mol. The Balaban J connectivity index is 2.73. The fraction of sp³-hybridized carbons (Fsp3) is 0.889. The van der Waals surface area contributed by atoms with Gasteiger partial charge in [0.05, 0.1) is 6.61 Å². The molecule has 0 heterocycles. The largest absolute Gasteiger partial charge is 0.396 e. The van der Waals surface area contributed by atoms with Crippen LogP contribution in [0.5, 0.6) is 0 Å². The van der Waals surface area contributed by atoms with E-state index in [2.05, 4.69) is 12.7 Å². The van der Waals surface area contributed by atoms with Gasteiger partial charge >= 0.3 is 0 Å². The van der Waals surface area contributed by atoms with Gasteiger partial charge in [-0.3, -0.25) is 0 Å². The molecule has 1 N–H and O–H groups in total. The summed E-state index contributed by atoms with van der Waals surface area (Å²) in [4.78, 5) is 0. The van der Waals surface area contributed by atoms with E-state index in [1.165, 1.54) is 6.42 Å². The Labute approximate surface area is 79.7 Å². The monoisotopic (exact) mass is 191 g/mol. The summed E-state index contributed by atoms with van der Waals surface area (Å²) < 4.78 is 5.35.